The zero-order valence-corrected chi connectivity index (χ0v) is 12.9. The molecule has 1 fully saturated rings. The lowest BCUT2D eigenvalue weighted by atomic mass is 9.91. The van der Waals surface area contributed by atoms with E-state index in [4.69, 9.17) is 10.5 Å². The molecule has 1 atom stereocenters. The molecule has 2 rings (SSSR count). The van der Waals surface area contributed by atoms with Gasteiger partial charge in [-0.3, -0.25) is 4.79 Å². The monoisotopic (exact) mass is 316 g/mol. The van der Waals surface area contributed by atoms with E-state index in [-0.39, 0.29) is 36.7 Å². The summed E-state index contributed by atoms with van der Waals surface area (Å²) in [6.07, 6.45) is 1.84. The minimum atomic E-state index is -0.448. The average Bonchev–Trinajstić information content (AvgIpc) is 2.46. The Kier molecular flexibility index (Phi) is 6.92. The lowest BCUT2D eigenvalue weighted by Gasteiger charge is -2.33. The third-order valence-electron chi connectivity index (χ3n) is 3.82. The summed E-state index contributed by atoms with van der Waals surface area (Å²) >= 11 is 0. The number of halogens is 2. The number of rotatable bonds is 4. The summed E-state index contributed by atoms with van der Waals surface area (Å²) in [4.78, 5) is 13.8. The van der Waals surface area contributed by atoms with Gasteiger partial charge in [0.2, 0.25) is 0 Å². The first-order valence-electron chi connectivity index (χ1n) is 6.98. The normalized spacial score (nSPS) is 17.0. The third-order valence-corrected chi connectivity index (χ3v) is 3.82. The van der Waals surface area contributed by atoms with E-state index >= 15 is 0 Å². The lowest BCUT2D eigenvalue weighted by molar-refractivity contribution is -0.134. The molecule has 1 heterocycles. The highest BCUT2D eigenvalue weighted by Gasteiger charge is 2.25. The van der Waals surface area contributed by atoms with Crippen molar-refractivity contribution in [3.8, 4) is 5.75 Å². The first-order valence-corrected chi connectivity index (χ1v) is 6.98. The molecule has 0 saturated carbocycles. The predicted molar refractivity (Wildman–Crippen MR) is 82.1 cm³/mol. The molecule has 6 heteroatoms. The number of nitrogens with zero attached hydrogens (tertiary/aromatic N) is 1. The van der Waals surface area contributed by atoms with Crippen LogP contribution in [0.4, 0.5) is 4.39 Å². The van der Waals surface area contributed by atoms with E-state index in [0.29, 0.717) is 19.0 Å². The van der Waals surface area contributed by atoms with Gasteiger partial charge in [0.25, 0.3) is 5.91 Å². The Morgan fingerprint density at radius 1 is 1.43 bits per heavy atom. The van der Waals surface area contributed by atoms with Gasteiger partial charge < -0.3 is 15.4 Å². The zero-order valence-electron chi connectivity index (χ0n) is 12.1. The fourth-order valence-electron chi connectivity index (χ4n) is 2.47. The molecule has 0 aliphatic carbocycles. The SMILES string of the molecule is CC(N)C1CCN(C(=O)COc2ccccc2F)CC1.Cl. The maximum absolute atomic E-state index is 13.4. The molecule has 0 spiro atoms. The molecule has 0 bridgehead atoms. The van der Waals surface area contributed by atoms with E-state index < -0.39 is 5.82 Å². The summed E-state index contributed by atoms with van der Waals surface area (Å²) in [5, 5.41) is 0. The van der Waals surface area contributed by atoms with Crippen LogP contribution in [0.25, 0.3) is 0 Å². The van der Waals surface area contributed by atoms with Crippen molar-refractivity contribution >= 4 is 18.3 Å². The second-order valence-electron chi connectivity index (χ2n) is 5.30. The van der Waals surface area contributed by atoms with Gasteiger partial charge in [0.1, 0.15) is 0 Å². The highest BCUT2D eigenvalue weighted by molar-refractivity contribution is 5.85. The van der Waals surface area contributed by atoms with Crippen LogP contribution in [0.2, 0.25) is 0 Å². The van der Waals surface area contributed by atoms with Gasteiger partial charge >= 0.3 is 0 Å². The molecule has 1 unspecified atom stereocenters. The van der Waals surface area contributed by atoms with Crippen molar-refractivity contribution < 1.29 is 13.9 Å². The molecule has 21 heavy (non-hydrogen) atoms. The minimum Gasteiger partial charge on any atom is -0.481 e. The topological polar surface area (TPSA) is 55.6 Å². The average molecular weight is 317 g/mol. The molecule has 1 aromatic carbocycles. The second kappa shape index (κ2) is 8.20. The van der Waals surface area contributed by atoms with Crippen molar-refractivity contribution in [3.05, 3.63) is 30.1 Å². The van der Waals surface area contributed by atoms with Crippen LogP contribution in [0.1, 0.15) is 19.8 Å². The van der Waals surface area contributed by atoms with Gasteiger partial charge in [0.05, 0.1) is 0 Å². The van der Waals surface area contributed by atoms with Crippen LogP contribution in [0.3, 0.4) is 0 Å². The molecule has 118 valence electrons. The summed E-state index contributed by atoms with van der Waals surface area (Å²) in [7, 11) is 0. The number of piperidine rings is 1. The van der Waals surface area contributed by atoms with Gasteiger partial charge in [-0.15, -0.1) is 12.4 Å². The Bertz CT molecular complexity index is 463. The molecule has 0 aromatic heterocycles. The molecule has 0 radical (unpaired) electrons. The molecule has 1 aliphatic heterocycles. The first-order chi connectivity index (χ1) is 9.58. The van der Waals surface area contributed by atoms with Gasteiger partial charge in [-0.05, 0) is 37.8 Å². The van der Waals surface area contributed by atoms with Crippen molar-refractivity contribution in [2.75, 3.05) is 19.7 Å². The number of amides is 1. The second-order valence-corrected chi connectivity index (χ2v) is 5.30. The lowest BCUT2D eigenvalue weighted by Crippen LogP contribution is -2.44. The van der Waals surface area contributed by atoms with Crippen molar-refractivity contribution in [1.82, 2.24) is 4.90 Å². The van der Waals surface area contributed by atoms with Gasteiger partial charge in [-0.25, -0.2) is 4.39 Å². The Morgan fingerprint density at radius 3 is 2.62 bits per heavy atom. The number of nitrogens with two attached hydrogens (primary N) is 1. The molecular weight excluding hydrogens is 295 g/mol. The number of para-hydroxylation sites is 1. The van der Waals surface area contributed by atoms with Gasteiger partial charge in [0.15, 0.2) is 18.2 Å². The summed E-state index contributed by atoms with van der Waals surface area (Å²) in [6, 6.07) is 6.26. The van der Waals surface area contributed by atoms with Crippen LogP contribution in [0.15, 0.2) is 24.3 Å². The number of carbonyl (C=O) groups is 1. The Morgan fingerprint density at radius 2 is 2.05 bits per heavy atom. The minimum absolute atomic E-state index is 0. The molecular formula is C15H22ClFN2O2. The Hall–Kier alpha value is -1.33. The zero-order chi connectivity index (χ0) is 14.5. The van der Waals surface area contributed by atoms with Crippen LogP contribution in [-0.2, 0) is 4.79 Å². The van der Waals surface area contributed by atoms with Crippen molar-refractivity contribution in [3.63, 3.8) is 0 Å². The Balaban J connectivity index is 0.00000220. The molecule has 4 nitrogen and oxygen atoms in total. The molecule has 1 aromatic rings. The first kappa shape index (κ1) is 17.7. The van der Waals surface area contributed by atoms with Crippen LogP contribution >= 0.6 is 12.4 Å². The molecule has 1 aliphatic rings. The Labute approximate surface area is 130 Å². The van der Waals surface area contributed by atoms with Crippen molar-refractivity contribution in [1.29, 1.82) is 0 Å². The van der Waals surface area contributed by atoms with Crippen LogP contribution < -0.4 is 10.5 Å². The number of benzene rings is 1. The molecule has 1 saturated heterocycles. The maximum atomic E-state index is 13.4. The largest absolute Gasteiger partial charge is 0.481 e. The van der Waals surface area contributed by atoms with Crippen molar-refractivity contribution in [2.24, 2.45) is 11.7 Å². The van der Waals surface area contributed by atoms with E-state index in [1.807, 2.05) is 6.92 Å². The third kappa shape index (κ3) is 4.86. The number of hydrogen-bond donors (Lipinski definition) is 1. The van der Waals surface area contributed by atoms with Crippen molar-refractivity contribution in [2.45, 2.75) is 25.8 Å². The fraction of sp³-hybridized carbons (Fsp3) is 0.533. The quantitative estimate of drug-likeness (QED) is 0.926. The van der Waals surface area contributed by atoms with Gasteiger partial charge in [0, 0.05) is 19.1 Å². The van der Waals surface area contributed by atoms with Crippen LogP contribution in [-0.4, -0.2) is 36.5 Å². The summed E-state index contributed by atoms with van der Waals surface area (Å²) in [6.45, 7) is 3.28. The molecule has 2 N–H and O–H groups in total. The molecule has 1 amide bonds. The highest BCUT2D eigenvalue weighted by Crippen LogP contribution is 2.20. The number of ether oxygens (including phenoxy) is 1. The van der Waals surface area contributed by atoms with E-state index in [9.17, 15) is 9.18 Å². The predicted octanol–water partition coefficient (Wildman–Crippen LogP) is 2.21. The van der Waals surface area contributed by atoms with E-state index in [1.165, 1.54) is 12.1 Å². The summed E-state index contributed by atoms with van der Waals surface area (Å²) in [5.41, 5.74) is 5.87. The van der Waals surface area contributed by atoms with Gasteiger partial charge in [-0.2, -0.15) is 0 Å². The number of hydrogen-bond acceptors (Lipinski definition) is 3. The van der Waals surface area contributed by atoms with Crippen LogP contribution in [0, 0.1) is 11.7 Å². The number of carbonyl (C=O) groups excluding carboxylic acids is 1. The van der Waals surface area contributed by atoms with Crippen LogP contribution in [0.5, 0.6) is 5.75 Å². The fourth-order valence-corrected chi connectivity index (χ4v) is 2.47. The highest BCUT2D eigenvalue weighted by atomic mass is 35.5. The number of likely N-dealkylation sites (tertiary alicyclic amines) is 1. The summed E-state index contributed by atoms with van der Waals surface area (Å²) in [5.74, 6) is 0.0465. The van der Waals surface area contributed by atoms with E-state index in [0.717, 1.165) is 12.8 Å². The standard InChI is InChI=1S/C15H21FN2O2.ClH/c1-11(17)12-6-8-18(9-7-12)15(19)10-20-14-5-3-2-4-13(14)16;/h2-5,11-12H,6-10,17H2,1H3;1H. The summed E-state index contributed by atoms with van der Waals surface area (Å²) < 4.78 is 18.6. The van der Waals surface area contributed by atoms with Gasteiger partial charge in [-0.1, -0.05) is 12.1 Å². The maximum Gasteiger partial charge on any atom is 0.260 e. The van der Waals surface area contributed by atoms with E-state index in [2.05, 4.69) is 0 Å². The van der Waals surface area contributed by atoms with E-state index in [1.54, 1.807) is 17.0 Å². The smallest absolute Gasteiger partial charge is 0.260 e.